The Morgan fingerprint density at radius 2 is 0.591 bits per heavy atom. The Balaban J connectivity index is 1.14. The molecule has 12 aromatic rings. The van der Waals surface area contributed by atoms with Gasteiger partial charge >= 0.3 is 0 Å². The molecule has 5 aliphatic heterocycles. The number of rotatable bonds is 2. The molecule has 66 heavy (non-hydrogen) atoms. The molecule has 0 unspecified atom stereocenters. The minimum Gasteiger partial charge on any atom is -0.310 e. The molecular formula is C60H42B2N4. The first kappa shape index (κ1) is 33.6. The molecule has 6 heteroatoms. The molecule has 2 fully saturated rings. The molecule has 8 aromatic carbocycles. The van der Waals surface area contributed by atoms with Gasteiger partial charge in [0.05, 0.1) is 22.1 Å². The second kappa shape index (κ2) is 11.0. The minimum atomic E-state index is 0.117. The second-order valence-electron chi connectivity index (χ2n) is 21.4. The third kappa shape index (κ3) is 3.42. The minimum absolute atomic E-state index is 0.117. The van der Waals surface area contributed by atoms with Crippen LogP contribution in [0.1, 0.15) is 87.2 Å². The van der Waals surface area contributed by atoms with Gasteiger partial charge in [-0.3, -0.25) is 0 Å². The largest absolute Gasteiger partial charge is 0.310 e. The summed E-state index contributed by atoms with van der Waals surface area (Å²) >= 11 is 0. The van der Waals surface area contributed by atoms with Gasteiger partial charge in [0.2, 0.25) is 0 Å². The SMILES string of the molecule is c1ccc2c(c1)c1c3c4ccccc4n4c3c3c5c1n2-c1cc(C2CCCCC2)cc2c1B5c1c5c6c(c7ccccc7n6-c6cc(C7CCCCC7)cc-4c6B35)c3c4ccccc4n-2c13. The molecule has 9 heterocycles. The molecule has 308 valence electrons. The zero-order chi connectivity index (χ0) is 42.0. The lowest BCUT2D eigenvalue weighted by Gasteiger charge is -2.45. The summed E-state index contributed by atoms with van der Waals surface area (Å²) in [5, 5.41) is 11.4. The van der Waals surface area contributed by atoms with Crippen LogP contribution in [0.3, 0.4) is 0 Å². The lowest BCUT2D eigenvalue weighted by atomic mass is 9.18. The van der Waals surface area contributed by atoms with Gasteiger partial charge < -0.3 is 18.3 Å². The Kier molecular flexibility index (Phi) is 5.60. The number of hydrogen-bond donors (Lipinski definition) is 0. The zero-order valence-electron chi connectivity index (χ0n) is 36.7. The summed E-state index contributed by atoms with van der Waals surface area (Å²) in [5.74, 6) is 1.15. The standard InChI is InChI=1S/C60H42B2N4/c1-3-15-31(16-4-1)33-27-43-51-44(28-33)64-40-24-12-8-20-36(40)48-50-38-22-10-14-26-42(38)66-46-30-34(32-17-5-2-6-18-32)29-45-52(46)62-55-53(61(51)54(58(48)64)56(62)60(50)66)57-47(35-19-7-11-23-39(35)63(43)57)49-37-21-9-13-25-41(37)65(45)59(49)55/h7-14,19-32H,1-6,15-18H2. The van der Waals surface area contributed by atoms with E-state index in [-0.39, 0.29) is 13.4 Å². The molecule has 0 N–H and O–H groups in total. The molecule has 0 bridgehead atoms. The van der Waals surface area contributed by atoms with E-state index in [1.165, 1.54) is 196 Å². The van der Waals surface area contributed by atoms with Crippen molar-refractivity contribution in [2.75, 3.05) is 0 Å². The van der Waals surface area contributed by atoms with Gasteiger partial charge in [-0.15, -0.1) is 0 Å². The van der Waals surface area contributed by atoms with Crippen molar-refractivity contribution in [1.29, 1.82) is 0 Å². The average Bonchev–Trinajstić information content (AvgIpc) is 4.12. The predicted octanol–water partition coefficient (Wildman–Crippen LogP) is 10.8. The molecule has 0 radical (unpaired) electrons. The van der Waals surface area contributed by atoms with Gasteiger partial charge in [-0.2, -0.15) is 0 Å². The van der Waals surface area contributed by atoms with Crippen molar-refractivity contribution >= 4 is 133 Å². The van der Waals surface area contributed by atoms with Gasteiger partial charge in [-0.25, -0.2) is 0 Å². The molecule has 4 nitrogen and oxygen atoms in total. The van der Waals surface area contributed by atoms with Gasteiger partial charge in [-0.1, -0.05) is 111 Å². The molecule has 0 saturated heterocycles. The summed E-state index contributed by atoms with van der Waals surface area (Å²) in [6, 6.07) is 48.7. The molecule has 0 atom stereocenters. The lowest BCUT2D eigenvalue weighted by molar-refractivity contribution is 0.443. The van der Waals surface area contributed by atoms with Crippen LogP contribution in [0.5, 0.6) is 0 Å². The third-order valence-electron chi connectivity index (χ3n) is 18.8. The van der Waals surface area contributed by atoms with Gasteiger partial charge in [0.25, 0.3) is 13.4 Å². The van der Waals surface area contributed by atoms with Gasteiger partial charge in [0.1, 0.15) is 0 Å². The van der Waals surface area contributed by atoms with Crippen LogP contribution in [0.4, 0.5) is 0 Å². The highest BCUT2D eigenvalue weighted by atomic mass is 15.1. The number of aromatic nitrogens is 4. The number of fused-ring (bicyclic) bond motifs is 18. The summed E-state index contributed by atoms with van der Waals surface area (Å²) in [7, 11) is 0. The Labute approximate surface area is 381 Å². The van der Waals surface area contributed by atoms with E-state index in [0.29, 0.717) is 11.8 Å². The van der Waals surface area contributed by atoms with Crippen LogP contribution >= 0.6 is 0 Å². The number of para-hydroxylation sites is 4. The fourth-order valence-electron chi connectivity index (χ4n) is 16.5. The molecule has 2 saturated carbocycles. The van der Waals surface area contributed by atoms with Crippen molar-refractivity contribution in [3.63, 3.8) is 0 Å². The van der Waals surface area contributed by atoms with Crippen molar-refractivity contribution in [2.45, 2.75) is 76.0 Å². The monoisotopic (exact) mass is 840 g/mol. The first-order chi connectivity index (χ1) is 32.8. The Bertz CT molecular complexity index is 3850. The molecule has 2 aliphatic carbocycles. The maximum atomic E-state index is 2.80. The highest BCUT2D eigenvalue weighted by Gasteiger charge is 2.55. The summed E-state index contributed by atoms with van der Waals surface area (Å²) in [6.07, 6.45) is 13.1. The normalized spacial score (nSPS) is 17.5. The molecule has 4 aromatic heterocycles. The van der Waals surface area contributed by atoms with E-state index in [2.05, 4.69) is 140 Å². The van der Waals surface area contributed by atoms with Crippen LogP contribution in [0.15, 0.2) is 121 Å². The van der Waals surface area contributed by atoms with Crippen molar-refractivity contribution in [1.82, 2.24) is 18.3 Å². The second-order valence-corrected chi connectivity index (χ2v) is 21.4. The van der Waals surface area contributed by atoms with E-state index in [1.807, 2.05) is 0 Å². The molecular weight excluding hydrogens is 798 g/mol. The summed E-state index contributed by atoms with van der Waals surface area (Å²) < 4.78 is 11.2. The lowest BCUT2D eigenvalue weighted by Crippen LogP contribution is -2.79. The molecule has 7 aliphatic rings. The Morgan fingerprint density at radius 3 is 0.879 bits per heavy atom. The fraction of sp³-hybridized carbons (Fsp3) is 0.200. The predicted molar refractivity (Wildman–Crippen MR) is 278 cm³/mol. The summed E-state index contributed by atoms with van der Waals surface area (Å²) in [5.41, 5.74) is 29.3. The highest BCUT2D eigenvalue weighted by molar-refractivity contribution is 7.16. The van der Waals surface area contributed by atoms with Crippen molar-refractivity contribution in [3.8, 4) is 22.7 Å². The van der Waals surface area contributed by atoms with E-state index in [1.54, 1.807) is 21.9 Å². The first-order valence-electron chi connectivity index (χ1n) is 25.2. The maximum Gasteiger partial charge on any atom is 0.251 e. The van der Waals surface area contributed by atoms with Crippen LogP contribution in [-0.2, 0) is 0 Å². The molecule has 0 spiro atoms. The van der Waals surface area contributed by atoms with E-state index >= 15 is 0 Å². The van der Waals surface area contributed by atoms with Crippen molar-refractivity contribution in [2.24, 2.45) is 0 Å². The summed E-state index contributed by atoms with van der Waals surface area (Å²) in [4.78, 5) is 0. The van der Waals surface area contributed by atoms with Gasteiger partial charge in [0, 0.05) is 87.9 Å². The first-order valence-corrected chi connectivity index (χ1v) is 25.2. The molecule has 19 rings (SSSR count). The Morgan fingerprint density at radius 1 is 0.318 bits per heavy atom. The molecule has 0 amide bonds. The Hall–Kier alpha value is -6.91. The highest BCUT2D eigenvalue weighted by Crippen LogP contribution is 2.51. The number of nitrogens with zero attached hydrogens (tertiary/aromatic N) is 4. The van der Waals surface area contributed by atoms with Gasteiger partial charge in [0.15, 0.2) is 0 Å². The van der Waals surface area contributed by atoms with E-state index in [0.717, 1.165) is 0 Å². The van der Waals surface area contributed by atoms with Crippen LogP contribution in [-0.4, -0.2) is 31.7 Å². The topological polar surface area (TPSA) is 19.7 Å². The van der Waals surface area contributed by atoms with Crippen LogP contribution in [0.2, 0.25) is 0 Å². The van der Waals surface area contributed by atoms with E-state index < -0.39 is 0 Å². The smallest absolute Gasteiger partial charge is 0.251 e. The van der Waals surface area contributed by atoms with Crippen LogP contribution in [0, 0.1) is 0 Å². The zero-order valence-corrected chi connectivity index (χ0v) is 36.7. The average molecular weight is 841 g/mol. The van der Waals surface area contributed by atoms with Crippen LogP contribution < -0.4 is 32.8 Å². The van der Waals surface area contributed by atoms with E-state index in [4.69, 9.17) is 0 Å². The third-order valence-corrected chi connectivity index (χ3v) is 18.8. The maximum absolute atomic E-state index is 2.80. The number of hydrogen-bond acceptors (Lipinski definition) is 0. The van der Waals surface area contributed by atoms with Crippen molar-refractivity contribution < 1.29 is 0 Å². The summed E-state index contributed by atoms with van der Waals surface area (Å²) in [6.45, 7) is 0.234. The fourth-order valence-corrected chi connectivity index (χ4v) is 16.5. The van der Waals surface area contributed by atoms with Crippen LogP contribution in [0.25, 0.3) is 110 Å². The number of benzene rings is 8. The van der Waals surface area contributed by atoms with E-state index in [9.17, 15) is 0 Å². The van der Waals surface area contributed by atoms with Crippen molar-refractivity contribution in [3.05, 3.63) is 132 Å². The van der Waals surface area contributed by atoms with Gasteiger partial charge in [-0.05, 0) is 130 Å². The quantitative estimate of drug-likeness (QED) is 0.155.